The molecule has 0 spiro atoms. The van der Waals surface area contributed by atoms with Crippen molar-refractivity contribution in [2.24, 2.45) is 5.92 Å². The summed E-state index contributed by atoms with van der Waals surface area (Å²) in [5.74, 6) is 0.606. The highest BCUT2D eigenvalue weighted by molar-refractivity contribution is 6.74. The van der Waals surface area contributed by atoms with E-state index in [1.54, 1.807) is 0 Å². The molecule has 0 N–H and O–H groups in total. The zero-order valence-corrected chi connectivity index (χ0v) is 15.2. The Balaban J connectivity index is 2.14. The van der Waals surface area contributed by atoms with E-state index in [0.717, 1.165) is 12.8 Å². The van der Waals surface area contributed by atoms with E-state index in [0.29, 0.717) is 5.92 Å². The van der Waals surface area contributed by atoms with Crippen molar-refractivity contribution in [3.05, 3.63) is 35.4 Å². The SMILES string of the molecule is CC(C)(O[Si](C)(C)C(C)(C)C)C1Cc2ccccc2C1. The number of fused-ring (bicyclic) bond motifs is 1. The summed E-state index contributed by atoms with van der Waals surface area (Å²) in [6.07, 6.45) is 2.33. The molecule has 1 nitrogen and oxygen atoms in total. The standard InChI is InChI=1S/C18H30OSi/c1-17(2,3)20(6,7)19-18(4,5)16-12-14-10-8-9-11-15(14)13-16/h8-11,16H,12-13H2,1-7H3. The fraction of sp³-hybridized carbons (Fsp3) is 0.667. The summed E-state index contributed by atoms with van der Waals surface area (Å²) in [6, 6.07) is 8.86. The Hall–Kier alpha value is -0.603. The summed E-state index contributed by atoms with van der Waals surface area (Å²) in [5, 5.41) is 0.274. The van der Waals surface area contributed by atoms with Gasteiger partial charge in [-0.25, -0.2) is 0 Å². The Morgan fingerprint density at radius 3 is 1.80 bits per heavy atom. The normalized spacial score (nSPS) is 17.4. The van der Waals surface area contributed by atoms with Crippen LogP contribution in [0.4, 0.5) is 0 Å². The van der Waals surface area contributed by atoms with Crippen LogP contribution in [0.1, 0.15) is 45.7 Å². The molecule has 0 amide bonds. The molecule has 0 bridgehead atoms. The van der Waals surface area contributed by atoms with Gasteiger partial charge in [-0.1, -0.05) is 45.0 Å². The highest BCUT2D eigenvalue weighted by atomic mass is 28.4. The molecule has 0 saturated carbocycles. The van der Waals surface area contributed by atoms with Gasteiger partial charge in [-0.2, -0.15) is 0 Å². The van der Waals surface area contributed by atoms with Crippen LogP contribution >= 0.6 is 0 Å². The number of hydrogen-bond donors (Lipinski definition) is 0. The molecule has 1 aliphatic carbocycles. The Kier molecular flexibility index (Phi) is 3.94. The smallest absolute Gasteiger partial charge is 0.192 e. The number of benzene rings is 1. The molecule has 0 atom stereocenters. The van der Waals surface area contributed by atoms with Crippen LogP contribution < -0.4 is 0 Å². The lowest BCUT2D eigenvalue weighted by Crippen LogP contribution is -2.50. The second kappa shape index (κ2) is 4.99. The van der Waals surface area contributed by atoms with E-state index in [1.165, 1.54) is 11.1 Å². The zero-order valence-electron chi connectivity index (χ0n) is 14.2. The van der Waals surface area contributed by atoms with Gasteiger partial charge >= 0.3 is 0 Å². The summed E-state index contributed by atoms with van der Waals surface area (Å²) in [7, 11) is -1.71. The highest BCUT2D eigenvalue weighted by Crippen LogP contribution is 2.43. The van der Waals surface area contributed by atoms with Gasteiger partial charge in [0.05, 0.1) is 5.60 Å². The quantitative estimate of drug-likeness (QED) is 0.695. The average Bonchev–Trinajstić information content (AvgIpc) is 2.70. The first kappa shape index (κ1) is 15.8. The van der Waals surface area contributed by atoms with Crippen LogP contribution in [0, 0.1) is 5.92 Å². The lowest BCUT2D eigenvalue weighted by molar-refractivity contribution is 0.0336. The van der Waals surface area contributed by atoms with Gasteiger partial charge in [0.2, 0.25) is 0 Å². The Morgan fingerprint density at radius 2 is 1.40 bits per heavy atom. The Morgan fingerprint density at radius 1 is 0.950 bits per heavy atom. The molecular weight excluding hydrogens is 260 g/mol. The predicted octanol–water partition coefficient (Wildman–Crippen LogP) is 5.20. The van der Waals surface area contributed by atoms with Crippen LogP contribution in [0.3, 0.4) is 0 Å². The molecule has 0 saturated heterocycles. The Labute approximate surface area is 125 Å². The van der Waals surface area contributed by atoms with E-state index in [1.807, 2.05) is 0 Å². The number of rotatable bonds is 3. The largest absolute Gasteiger partial charge is 0.412 e. The van der Waals surface area contributed by atoms with E-state index in [-0.39, 0.29) is 10.6 Å². The van der Waals surface area contributed by atoms with Crippen LogP contribution in [0.15, 0.2) is 24.3 Å². The van der Waals surface area contributed by atoms with Gasteiger partial charge in [0, 0.05) is 0 Å². The fourth-order valence-corrected chi connectivity index (χ4v) is 4.73. The maximum Gasteiger partial charge on any atom is 0.192 e. The molecular formula is C18H30OSi. The van der Waals surface area contributed by atoms with E-state index in [2.05, 4.69) is 72.0 Å². The van der Waals surface area contributed by atoms with Gasteiger partial charge in [0.1, 0.15) is 0 Å². The summed E-state index contributed by atoms with van der Waals surface area (Å²) >= 11 is 0. The van der Waals surface area contributed by atoms with Crippen LogP contribution in [-0.4, -0.2) is 13.9 Å². The predicted molar refractivity (Wildman–Crippen MR) is 89.7 cm³/mol. The molecule has 1 aliphatic rings. The van der Waals surface area contributed by atoms with Crippen molar-refractivity contribution >= 4 is 8.32 Å². The van der Waals surface area contributed by atoms with Crippen LogP contribution in [-0.2, 0) is 17.3 Å². The fourth-order valence-electron chi connectivity index (χ4n) is 2.94. The highest BCUT2D eigenvalue weighted by Gasteiger charge is 2.45. The molecule has 0 radical (unpaired) electrons. The van der Waals surface area contributed by atoms with Crippen LogP contribution in [0.25, 0.3) is 0 Å². The summed E-state index contributed by atoms with van der Waals surface area (Å²) in [6.45, 7) is 16.3. The van der Waals surface area contributed by atoms with Gasteiger partial charge in [0.15, 0.2) is 8.32 Å². The maximum absolute atomic E-state index is 6.74. The van der Waals surface area contributed by atoms with Crippen molar-refractivity contribution < 1.29 is 4.43 Å². The van der Waals surface area contributed by atoms with Gasteiger partial charge in [-0.05, 0) is 61.9 Å². The Bertz CT molecular complexity index is 457. The van der Waals surface area contributed by atoms with E-state index < -0.39 is 8.32 Å². The van der Waals surface area contributed by atoms with Gasteiger partial charge < -0.3 is 4.43 Å². The number of hydrogen-bond acceptors (Lipinski definition) is 1. The molecule has 2 rings (SSSR count). The molecule has 2 heteroatoms. The van der Waals surface area contributed by atoms with E-state index >= 15 is 0 Å². The minimum absolute atomic E-state index is 0.0397. The molecule has 0 aliphatic heterocycles. The van der Waals surface area contributed by atoms with Crippen molar-refractivity contribution in [2.75, 3.05) is 0 Å². The summed E-state index contributed by atoms with van der Waals surface area (Å²) in [5.41, 5.74) is 3.00. The second-order valence-electron chi connectivity index (χ2n) is 8.34. The molecule has 20 heavy (non-hydrogen) atoms. The van der Waals surface area contributed by atoms with Crippen LogP contribution in [0.2, 0.25) is 18.1 Å². The van der Waals surface area contributed by atoms with Gasteiger partial charge in [-0.15, -0.1) is 0 Å². The third-order valence-electron chi connectivity index (χ3n) is 5.36. The third-order valence-corrected chi connectivity index (χ3v) is 10.0. The van der Waals surface area contributed by atoms with E-state index in [9.17, 15) is 0 Å². The average molecular weight is 291 g/mol. The zero-order chi connectivity index (χ0) is 15.2. The summed E-state index contributed by atoms with van der Waals surface area (Å²) < 4.78 is 6.74. The van der Waals surface area contributed by atoms with Crippen molar-refractivity contribution in [3.8, 4) is 0 Å². The first-order valence-corrected chi connectivity index (χ1v) is 10.7. The molecule has 0 heterocycles. The van der Waals surface area contributed by atoms with Crippen molar-refractivity contribution in [2.45, 2.75) is 71.2 Å². The molecule has 1 aromatic carbocycles. The van der Waals surface area contributed by atoms with Crippen LogP contribution in [0.5, 0.6) is 0 Å². The molecule has 0 fully saturated rings. The van der Waals surface area contributed by atoms with Crippen molar-refractivity contribution in [3.63, 3.8) is 0 Å². The summed E-state index contributed by atoms with van der Waals surface area (Å²) in [4.78, 5) is 0. The third kappa shape index (κ3) is 3.01. The van der Waals surface area contributed by atoms with Gasteiger partial charge in [-0.3, -0.25) is 0 Å². The molecule has 0 aromatic heterocycles. The maximum atomic E-state index is 6.74. The minimum atomic E-state index is -1.71. The second-order valence-corrected chi connectivity index (χ2v) is 13.1. The first-order valence-electron chi connectivity index (χ1n) is 7.80. The van der Waals surface area contributed by atoms with Crippen molar-refractivity contribution in [1.82, 2.24) is 0 Å². The van der Waals surface area contributed by atoms with Crippen molar-refractivity contribution in [1.29, 1.82) is 0 Å². The molecule has 1 aromatic rings. The lowest BCUT2D eigenvalue weighted by Gasteiger charge is -2.45. The minimum Gasteiger partial charge on any atom is -0.412 e. The molecule has 0 unspecified atom stereocenters. The first-order chi connectivity index (χ1) is 9.03. The van der Waals surface area contributed by atoms with Gasteiger partial charge in [0.25, 0.3) is 0 Å². The monoisotopic (exact) mass is 290 g/mol. The lowest BCUT2D eigenvalue weighted by atomic mass is 9.89. The van der Waals surface area contributed by atoms with E-state index in [4.69, 9.17) is 4.43 Å². The molecule has 112 valence electrons. The topological polar surface area (TPSA) is 9.23 Å².